The van der Waals surface area contributed by atoms with Crippen LogP contribution in [0.4, 0.5) is 0 Å². The molecule has 2 heterocycles. The number of rotatable bonds is 6. The van der Waals surface area contributed by atoms with Crippen LogP contribution in [0.25, 0.3) is 0 Å². The Morgan fingerprint density at radius 1 is 1.08 bits per heavy atom. The highest BCUT2D eigenvalue weighted by atomic mass is 16.5. The summed E-state index contributed by atoms with van der Waals surface area (Å²) in [6, 6.07) is 2.28. The van der Waals surface area contributed by atoms with Crippen molar-refractivity contribution in [2.75, 3.05) is 0 Å². The Hall–Kier alpha value is -2.57. The van der Waals surface area contributed by atoms with Gasteiger partial charge in [-0.25, -0.2) is 0 Å². The Morgan fingerprint density at radius 2 is 1.71 bits per heavy atom. The van der Waals surface area contributed by atoms with Crippen molar-refractivity contribution in [1.82, 2.24) is 20.8 Å². The number of carbonyl (C=O) groups excluding carboxylic acids is 2. The molecule has 1 aliphatic carbocycles. The van der Waals surface area contributed by atoms with E-state index in [4.69, 9.17) is 4.52 Å². The first-order valence-electron chi connectivity index (χ1n) is 8.27. The SMILES string of the molecule is O=C(Cc1cc[nH]c1)NC1CCC(NC(=O)Cc2cnoc2)CC1. The average molecular weight is 330 g/mol. The Morgan fingerprint density at radius 3 is 2.21 bits per heavy atom. The van der Waals surface area contributed by atoms with Gasteiger partial charge in [-0.1, -0.05) is 5.16 Å². The number of hydrogen-bond donors (Lipinski definition) is 3. The summed E-state index contributed by atoms with van der Waals surface area (Å²) in [5, 5.41) is 9.71. The molecule has 24 heavy (non-hydrogen) atoms. The molecule has 0 aromatic carbocycles. The molecule has 7 nitrogen and oxygen atoms in total. The third-order valence-electron chi connectivity index (χ3n) is 4.33. The van der Waals surface area contributed by atoms with Crippen molar-refractivity contribution in [2.45, 2.75) is 50.6 Å². The number of nitrogens with one attached hydrogen (secondary N) is 3. The molecule has 0 aliphatic heterocycles. The molecule has 1 aliphatic rings. The molecule has 1 saturated carbocycles. The molecule has 2 aromatic heterocycles. The van der Waals surface area contributed by atoms with Gasteiger partial charge in [-0.15, -0.1) is 0 Å². The topological polar surface area (TPSA) is 100 Å². The molecule has 2 aromatic rings. The summed E-state index contributed by atoms with van der Waals surface area (Å²) >= 11 is 0. The number of nitrogens with zero attached hydrogens (tertiary/aromatic N) is 1. The minimum atomic E-state index is -0.0156. The molecule has 0 radical (unpaired) electrons. The Labute approximate surface area is 140 Å². The molecular weight excluding hydrogens is 308 g/mol. The largest absolute Gasteiger partial charge is 0.367 e. The van der Waals surface area contributed by atoms with Gasteiger partial charge in [0.25, 0.3) is 0 Å². The van der Waals surface area contributed by atoms with Crippen LogP contribution in [0, 0.1) is 0 Å². The van der Waals surface area contributed by atoms with E-state index in [0.717, 1.165) is 36.8 Å². The maximum atomic E-state index is 12.0. The first-order valence-corrected chi connectivity index (χ1v) is 8.27. The van der Waals surface area contributed by atoms with Crippen molar-refractivity contribution in [3.8, 4) is 0 Å². The highest BCUT2D eigenvalue weighted by Crippen LogP contribution is 2.19. The number of amides is 2. The standard InChI is InChI=1S/C17H22N4O3/c22-16(7-12-5-6-18-9-12)20-14-1-3-15(4-2-14)21-17(23)8-13-10-19-24-11-13/h5-6,9-11,14-15,18H,1-4,7-8H2,(H,20,22)(H,21,23). The van der Waals surface area contributed by atoms with Crippen LogP contribution < -0.4 is 10.6 Å². The minimum Gasteiger partial charge on any atom is -0.367 e. The summed E-state index contributed by atoms with van der Waals surface area (Å²) < 4.78 is 4.72. The summed E-state index contributed by atoms with van der Waals surface area (Å²) in [6.45, 7) is 0. The van der Waals surface area contributed by atoms with Crippen molar-refractivity contribution >= 4 is 11.8 Å². The van der Waals surface area contributed by atoms with Crippen LogP contribution in [-0.2, 0) is 22.4 Å². The predicted octanol–water partition coefficient (Wildman–Crippen LogP) is 1.33. The van der Waals surface area contributed by atoms with Crippen LogP contribution in [0.15, 0.2) is 35.4 Å². The number of aromatic nitrogens is 2. The summed E-state index contributed by atoms with van der Waals surface area (Å²) in [7, 11) is 0. The highest BCUT2D eigenvalue weighted by Gasteiger charge is 2.23. The van der Waals surface area contributed by atoms with Crippen molar-refractivity contribution in [3.05, 3.63) is 42.0 Å². The molecule has 0 saturated heterocycles. The van der Waals surface area contributed by atoms with Crippen LogP contribution in [0.5, 0.6) is 0 Å². The van der Waals surface area contributed by atoms with Gasteiger partial charge in [0.05, 0.1) is 19.0 Å². The number of carbonyl (C=O) groups is 2. The second-order valence-electron chi connectivity index (χ2n) is 6.29. The van der Waals surface area contributed by atoms with Crippen molar-refractivity contribution < 1.29 is 14.1 Å². The second kappa shape index (κ2) is 7.81. The molecule has 0 unspecified atom stereocenters. The lowest BCUT2D eigenvalue weighted by Crippen LogP contribution is -2.44. The number of H-pyrrole nitrogens is 1. The van der Waals surface area contributed by atoms with Gasteiger partial charge in [-0.2, -0.15) is 0 Å². The lowest BCUT2D eigenvalue weighted by Gasteiger charge is -2.29. The van der Waals surface area contributed by atoms with E-state index in [1.54, 1.807) is 6.20 Å². The summed E-state index contributed by atoms with van der Waals surface area (Å²) in [5.41, 5.74) is 1.76. The fourth-order valence-corrected chi connectivity index (χ4v) is 3.09. The summed E-state index contributed by atoms with van der Waals surface area (Å²) in [5.74, 6) is 0.0349. The quantitative estimate of drug-likeness (QED) is 0.744. The molecule has 7 heteroatoms. The molecule has 0 spiro atoms. The maximum absolute atomic E-state index is 12.0. The molecular formula is C17H22N4O3. The molecule has 2 amide bonds. The van der Waals surface area contributed by atoms with Gasteiger partial charge < -0.3 is 20.1 Å². The van der Waals surface area contributed by atoms with Gasteiger partial charge in [-0.3, -0.25) is 9.59 Å². The first-order chi connectivity index (χ1) is 11.7. The van der Waals surface area contributed by atoms with E-state index in [-0.39, 0.29) is 30.3 Å². The lowest BCUT2D eigenvalue weighted by atomic mass is 9.91. The maximum Gasteiger partial charge on any atom is 0.224 e. The molecule has 0 bridgehead atoms. The third kappa shape index (κ3) is 4.71. The monoisotopic (exact) mass is 330 g/mol. The molecule has 128 valence electrons. The normalized spacial score (nSPS) is 20.5. The van der Waals surface area contributed by atoms with Crippen molar-refractivity contribution in [1.29, 1.82) is 0 Å². The molecule has 3 rings (SSSR count). The average Bonchev–Trinajstić information content (AvgIpc) is 3.23. The van der Waals surface area contributed by atoms with Gasteiger partial charge in [0.1, 0.15) is 6.26 Å². The zero-order chi connectivity index (χ0) is 16.8. The van der Waals surface area contributed by atoms with E-state index in [1.165, 1.54) is 6.26 Å². The van der Waals surface area contributed by atoms with E-state index in [0.29, 0.717) is 6.42 Å². The number of aromatic amines is 1. The second-order valence-corrected chi connectivity index (χ2v) is 6.29. The smallest absolute Gasteiger partial charge is 0.224 e. The Balaban J connectivity index is 1.36. The van der Waals surface area contributed by atoms with Crippen LogP contribution in [0.1, 0.15) is 36.8 Å². The van der Waals surface area contributed by atoms with E-state index >= 15 is 0 Å². The Kier molecular flexibility index (Phi) is 5.30. The molecule has 0 atom stereocenters. The number of hydrogen-bond acceptors (Lipinski definition) is 4. The summed E-state index contributed by atoms with van der Waals surface area (Å²) in [4.78, 5) is 26.9. The molecule has 1 fully saturated rings. The van der Waals surface area contributed by atoms with E-state index in [9.17, 15) is 9.59 Å². The van der Waals surface area contributed by atoms with Gasteiger partial charge >= 0.3 is 0 Å². The fourth-order valence-electron chi connectivity index (χ4n) is 3.09. The Bertz CT molecular complexity index is 585. The lowest BCUT2D eigenvalue weighted by molar-refractivity contribution is -0.123. The van der Waals surface area contributed by atoms with Crippen LogP contribution >= 0.6 is 0 Å². The van der Waals surface area contributed by atoms with E-state index in [1.807, 2.05) is 18.5 Å². The van der Waals surface area contributed by atoms with Crippen molar-refractivity contribution in [2.24, 2.45) is 0 Å². The van der Waals surface area contributed by atoms with Gasteiger partial charge in [0, 0.05) is 30.0 Å². The van der Waals surface area contributed by atoms with E-state index < -0.39 is 0 Å². The van der Waals surface area contributed by atoms with Gasteiger partial charge in [-0.05, 0) is 37.3 Å². The zero-order valence-corrected chi connectivity index (χ0v) is 13.5. The summed E-state index contributed by atoms with van der Waals surface area (Å²) in [6.07, 6.45) is 10.9. The fraction of sp³-hybridized carbons (Fsp3) is 0.471. The van der Waals surface area contributed by atoms with E-state index in [2.05, 4.69) is 20.8 Å². The minimum absolute atomic E-state index is 0.0156. The zero-order valence-electron chi connectivity index (χ0n) is 13.5. The van der Waals surface area contributed by atoms with Crippen molar-refractivity contribution in [3.63, 3.8) is 0 Å². The first kappa shape index (κ1) is 16.3. The van der Waals surface area contributed by atoms with Crippen LogP contribution in [-0.4, -0.2) is 34.0 Å². The third-order valence-corrected chi connectivity index (χ3v) is 4.33. The predicted molar refractivity (Wildman–Crippen MR) is 87.0 cm³/mol. The van der Waals surface area contributed by atoms with Gasteiger partial charge in [0.2, 0.25) is 11.8 Å². The highest BCUT2D eigenvalue weighted by molar-refractivity contribution is 5.79. The van der Waals surface area contributed by atoms with Gasteiger partial charge in [0.15, 0.2) is 0 Å². The molecule has 3 N–H and O–H groups in total. The van der Waals surface area contributed by atoms with Crippen LogP contribution in [0.3, 0.4) is 0 Å². The van der Waals surface area contributed by atoms with Crippen LogP contribution in [0.2, 0.25) is 0 Å².